The van der Waals surface area contributed by atoms with Gasteiger partial charge in [-0.25, -0.2) is 0 Å². The lowest BCUT2D eigenvalue weighted by atomic mass is 9.55. The molecule has 1 aromatic heterocycles. The van der Waals surface area contributed by atoms with E-state index in [-0.39, 0.29) is 17.2 Å². The Balaban J connectivity index is 1.10. The SMILES string of the molecule is CC12CCC3c4ccc(OCC5=CCCC=C5)cc4CCC3C1CC(CC(=O)NCc1ccncc1)C2O. The minimum absolute atomic E-state index is 0.0292. The molecule has 1 heterocycles. The molecule has 0 aliphatic heterocycles. The highest BCUT2D eigenvalue weighted by atomic mass is 16.5. The van der Waals surface area contributed by atoms with Crippen molar-refractivity contribution in [1.29, 1.82) is 0 Å². The van der Waals surface area contributed by atoms with Crippen LogP contribution >= 0.6 is 0 Å². The highest BCUT2D eigenvalue weighted by Gasteiger charge is 2.58. The number of carbonyl (C=O) groups is 1. The fraction of sp³-hybridized carbons (Fsp3) is 0.515. The summed E-state index contributed by atoms with van der Waals surface area (Å²) in [5.41, 5.74) is 5.13. The first-order valence-corrected chi connectivity index (χ1v) is 14.5. The van der Waals surface area contributed by atoms with Crippen molar-refractivity contribution in [1.82, 2.24) is 10.3 Å². The molecule has 6 atom stereocenters. The number of benzene rings is 1. The molecule has 4 aliphatic carbocycles. The van der Waals surface area contributed by atoms with Gasteiger partial charge in [0.2, 0.25) is 5.91 Å². The van der Waals surface area contributed by atoms with Crippen LogP contribution in [0.2, 0.25) is 0 Å². The average molecular weight is 513 g/mol. The molecule has 6 rings (SSSR count). The number of pyridine rings is 1. The van der Waals surface area contributed by atoms with Crippen molar-refractivity contribution in [3.63, 3.8) is 0 Å². The van der Waals surface area contributed by atoms with Crippen LogP contribution in [0.4, 0.5) is 0 Å². The third kappa shape index (κ3) is 4.93. The van der Waals surface area contributed by atoms with Crippen LogP contribution in [0.3, 0.4) is 0 Å². The number of nitrogens with one attached hydrogen (secondary N) is 1. The number of nitrogens with zero attached hydrogens (tertiary/aromatic N) is 1. The van der Waals surface area contributed by atoms with Crippen LogP contribution in [-0.2, 0) is 17.8 Å². The number of hydrogen-bond acceptors (Lipinski definition) is 4. The molecule has 0 bridgehead atoms. The lowest BCUT2D eigenvalue weighted by molar-refractivity contribution is -0.123. The van der Waals surface area contributed by atoms with Crippen molar-refractivity contribution in [2.24, 2.45) is 23.2 Å². The van der Waals surface area contributed by atoms with E-state index in [4.69, 9.17) is 4.74 Å². The highest BCUT2D eigenvalue weighted by molar-refractivity contribution is 5.76. The maximum Gasteiger partial charge on any atom is 0.220 e. The number of hydrogen-bond donors (Lipinski definition) is 2. The number of amides is 1. The monoisotopic (exact) mass is 512 g/mol. The van der Waals surface area contributed by atoms with E-state index in [1.165, 1.54) is 16.7 Å². The van der Waals surface area contributed by atoms with Crippen LogP contribution < -0.4 is 10.1 Å². The van der Waals surface area contributed by atoms with Gasteiger partial charge in [-0.1, -0.05) is 31.2 Å². The van der Waals surface area contributed by atoms with E-state index >= 15 is 0 Å². The van der Waals surface area contributed by atoms with Gasteiger partial charge in [-0.2, -0.15) is 0 Å². The number of aliphatic hydroxyl groups excluding tert-OH is 1. The van der Waals surface area contributed by atoms with Gasteiger partial charge in [0.1, 0.15) is 12.4 Å². The van der Waals surface area contributed by atoms with Gasteiger partial charge >= 0.3 is 0 Å². The molecule has 0 saturated heterocycles. The summed E-state index contributed by atoms with van der Waals surface area (Å²) in [5, 5.41) is 14.5. The molecule has 2 N–H and O–H groups in total. The Labute approximate surface area is 226 Å². The molecule has 5 nitrogen and oxygen atoms in total. The molecular formula is C33H40N2O3. The van der Waals surface area contributed by atoms with Crippen LogP contribution in [0.1, 0.15) is 74.5 Å². The molecule has 1 aromatic carbocycles. The Morgan fingerprint density at radius 2 is 2.05 bits per heavy atom. The average Bonchev–Trinajstić information content (AvgIpc) is 3.21. The van der Waals surface area contributed by atoms with Crippen molar-refractivity contribution in [3.05, 3.63) is 83.2 Å². The minimum atomic E-state index is -0.416. The number of rotatable bonds is 7. The van der Waals surface area contributed by atoms with Gasteiger partial charge in [0, 0.05) is 25.4 Å². The van der Waals surface area contributed by atoms with Gasteiger partial charge in [-0.05, 0) is 121 Å². The van der Waals surface area contributed by atoms with Gasteiger partial charge in [0.05, 0.1) is 6.10 Å². The molecule has 0 spiro atoms. The topological polar surface area (TPSA) is 71.5 Å². The van der Waals surface area contributed by atoms with Crippen molar-refractivity contribution >= 4 is 5.91 Å². The highest BCUT2D eigenvalue weighted by Crippen LogP contribution is 2.62. The summed E-state index contributed by atoms with van der Waals surface area (Å²) < 4.78 is 6.15. The molecule has 2 aromatic rings. The third-order valence-corrected chi connectivity index (χ3v) is 9.98. The Morgan fingerprint density at radius 3 is 2.87 bits per heavy atom. The standard InChI is InChI=1S/C33H40N2O3/c1-33-14-11-28-27-10-8-26(38-21-23-5-3-2-4-6-23)17-24(27)7-9-29(28)30(33)18-25(32(33)37)19-31(36)35-20-22-12-15-34-16-13-22/h3,5-6,8,10,12-13,15-17,25,28-30,32,37H,2,4,7,9,11,14,18-21H2,1H3,(H,35,36). The summed E-state index contributed by atoms with van der Waals surface area (Å²) in [7, 11) is 0. The summed E-state index contributed by atoms with van der Waals surface area (Å²) in [4.78, 5) is 16.8. The van der Waals surface area contributed by atoms with Crippen LogP contribution in [0.25, 0.3) is 0 Å². The summed E-state index contributed by atoms with van der Waals surface area (Å²) in [5.74, 6) is 2.61. The zero-order chi connectivity index (χ0) is 26.1. The number of ether oxygens (including phenoxy) is 1. The Morgan fingerprint density at radius 1 is 1.18 bits per heavy atom. The molecule has 2 saturated carbocycles. The molecule has 38 heavy (non-hydrogen) atoms. The molecule has 4 aliphatic rings. The fourth-order valence-corrected chi connectivity index (χ4v) is 7.95. The van der Waals surface area contributed by atoms with Gasteiger partial charge in [0.15, 0.2) is 0 Å². The van der Waals surface area contributed by atoms with E-state index in [0.29, 0.717) is 37.3 Å². The van der Waals surface area contributed by atoms with Crippen LogP contribution in [0.15, 0.2) is 66.5 Å². The number of carbonyl (C=O) groups excluding carboxylic acids is 1. The number of aliphatic hydroxyl groups is 1. The lowest BCUT2D eigenvalue weighted by Gasteiger charge is -2.50. The van der Waals surface area contributed by atoms with Gasteiger partial charge in [0.25, 0.3) is 0 Å². The fourth-order valence-electron chi connectivity index (χ4n) is 7.95. The summed E-state index contributed by atoms with van der Waals surface area (Å²) in [6, 6.07) is 10.6. The quantitative estimate of drug-likeness (QED) is 0.486. The summed E-state index contributed by atoms with van der Waals surface area (Å²) >= 11 is 0. The second-order valence-electron chi connectivity index (χ2n) is 12.1. The number of aryl methyl sites for hydroxylation is 1. The van der Waals surface area contributed by atoms with E-state index in [0.717, 1.165) is 56.3 Å². The maximum atomic E-state index is 12.8. The number of allylic oxidation sites excluding steroid dienone is 2. The first-order chi connectivity index (χ1) is 18.5. The molecular weight excluding hydrogens is 472 g/mol. The predicted molar refractivity (Wildman–Crippen MR) is 149 cm³/mol. The van der Waals surface area contributed by atoms with Crippen LogP contribution in [0, 0.1) is 23.2 Å². The molecule has 0 radical (unpaired) electrons. The zero-order valence-corrected chi connectivity index (χ0v) is 22.4. The third-order valence-electron chi connectivity index (χ3n) is 9.98. The summed E-state index contributed by atoms with van der Waals surface area (Å²) in [6.07, 6.45) is 17.7. The van der Waals surface area contributed by atoms with E-state index in [9.17, 15) is 9.90 Å². The van der Waals surface area contributed by atoms with Gasteiger partial charge in [-0.15, -0.1) is 0 Å². The normalized spacial score (nSPS) is 31.5. The van der Waals surface area contributed by atoms with Gasteiger partial charge < -0.3 is 15.2 Å². The number of aromatic nitrogens is 1. The second kappa shape index (κ2) is 10.7. The molecule has 6 unspecified atom stereocenters. The van der Waals surface area contributed by atoms with Crippen LogP contribution in [-0.4, -0.2) is 28.7 Å². The Bertz CT molecular complexity index is 1220. The van der Waals surface area contributed by atoms with Crippen molar-refractivity contribution in [3.8, 4) is 5.75 Å². The zero-order valence-electron chi connectivity index (χ0n) is 22.4. The largest absolute Gasteiger partial charge is 0.489 e. The second-order valence-corrected chi connectivity index (χ2v) is 12.1. The predicted octanol–water partition coefficient (Wildman–Crippen LogP) is 5.89. The molecule has 2 fully saturated rings. The van der Waals surface area contributed by atoms with E-state index in [1.807, 2.05) is 12.1 Å². The molecule has 200 valence electrons. The first-order valence-electron chi connectivity index (χ1n) is 14.5. The summed E-state index contributed by atoms with van der Waals surface area (Å²) in [6.45, 7) is 3.43. The maximum absolute atomic E-state index is 12.8. The van der Waals surface area contributed by atoms with Crippen molar-refractivity contribution in [2.45, 2.75) is 76.9 Å². The van der Waals surface area contributed by atoms with E-state index in [1.54, 1.807) is 12.4 Å². The minimum Gasteiger partial charge on any atom is -0.489 e. The van der Waals surface area contributed by atoms with E-state index in [2.05, 4.69) is 53.7 Å². The van der Waals surface area contributed by atoms with Crippen molar-refractivity contribution < 1.29 is 14.6 Å². The molecule has 5 heteroatoms. The smallest absolute Gasteiger partial charge is 0.220 e. The van der Waals surface area contributed by atoms with E-state index < -0.39 is 6.10 Å². The first kappa shape index (κ1) is 25.4. The Hall–Kier alpha value is -2.92. The lowest BCUT2D eigenvalue weighted by Crippen LogP contribution is -2.44. The molecule has 1 amide bonds. The Kier molecular flexibility index (Phi) is 7.13. The van der Waals surface area contributed by atoms with Crippen molar-refractivity contribution in [2.75, 3.05) is 6.61 Å². The van der Waals surface area contributed by atoms with Gasteiger partial charge in [-0.3, -0.25) is 9.78 Å². The number of fused-ring (bicyclic) bond motifs is 5. The van der Waals surface area contributed by atoms with Crippen LogP contribution in [0.5, 0.6) is 5.75 Å².